The van der Waals surface area contributed by atoms with E-state index < -0.39 is 13.4 Å². The zero-order chi connectivity index (χ0) is 4.50. The predicted molar refractivity (Wildman–Crippen MR) is 3.60 cm³/mol. The fraction of sp³-hybridized carbons (Fsp3) is 0. The van der Waals surface area contributed by atoms with E-state index in [1.165, 1.54) is 0 Å². The first-order valence-corrected chi connectivity index (χ1v) is 2.54. The van der Waals surface area contributed by atoms with E-state index in [9.17, 15) is 0 Å². The van der Waals surface area contributed by atoms with Gasteiger partial charge in [-0.25, -0.2) is 0 Å². The molecule has 0 unspecified atom stereocenters. The van der Waals surface area contributed by atoms with Gasteiger partial charge in [0.15, 0.2) is 0 Å². The molecule has 4 nitrogen and oxygen atoms in total. The van der Waals surface area contributed by atoms with Gasteiger partial charge in [-0.15, -0.1) is 0 Å². The molecule has 0 fully saturated rings. The first-order valence-electron chi connectivity index (χ1n) is 0.617. The molecule has 75 valence electrons. The molecule has 2 radical (unpaired) electrons. The summed E-state index contributed by atoms with van der Waals surface area (Å²) in [6.07, 6.45) is 0. The van der Waals surface area contributed by atoms with Crippen LogP contribution in [-0.4, -0.2) is 0 Å². The van der Waals surface area contributed by atoms with E-state index in [0.29, 0.717) is 0 Å². The van der Waals surface area contributed by atoms with Gasteiger partial charge in [0.25, 0.3) is 0 Å². The van der Waals surface area contributed by atoms with Gasteiger partial charge < -0.3 is 2.85 Å². The second-order valence-corrected chi connectivity index (χ2v) is 1.56. The van der Waals surface area contributed by atoms with Crippen molar-refractivity contribution >= 4 is 0 Å². The van der Waals surface area contributed by atoms with E-state index in [0.717, 1.165) is 0 Å². The van der Waals surface area contributed by atoms with Gasteiger partial charge in [-0.05, 0) is 0 Å². The predicted octanol–water partition coefficient (Wildman–Crippen LogP) is -14.4. The fourth-order valence-corrected chi connectivity index (χ4v) is 0. The van der Waals surface area contributed by atoms with Crippen LogP contribution >= 0.6 is 0 Å². The van der Waals surface area contributed by atoms with Crippen LogP contribution in [-0.2, 0) is 87.6 Å². The van der Waals surface area contributed by atoms with Gasteiger partial charge >= 0.3 is 105 Å². The van der Waals surface area contributed by atoms with Crippen LogP contribution in [0.1, 0.15) is 2.85 Å². The summed E-state index contributed by atoms with van der Waals surface area (Å²) in [5.41, 5.74) is 0. The number of hydrogen-bond donors (Lipinski definition) is 0. The molecule has 13 heavy (non-hydrogen) atoms. The molecule has 0 amide bonds. The van der Waals surface area contributed by atoms with Gasteiger partial charge in [-0.1, -0.05) is 0 Å². The Bertz CT molecular complexity index is 120. The van der Waals surface area contributed by atoms with Crippen LogP contribution < -0.4 is 83.8 Å². The molecular weight excluding hydrogens is 382 g/mol. The van der Waals surface area contributed by atoms with Crippen LogP contribution in [0.4, 0.5) is 0 Å². The second kappa shape index (κ2) is 36.0. The third-order valence-corrected chi connectivity index (χ3v) is 0. The fourth-order valence-electron chi connectivity index (χ4n) is 0. The Morgan fingerprint density at radius 2 is 0.769 bits per heavy atom. The Labute approximate surface area is 171 Å². The van der Waals surface area contributed by atoms with Crippen molar-refractivity contribution in [2.24, 2.45) is 0 Å². The van der Waals surface area contributed by atoms with Crippen LogP contribution in [0, 0.1) is 0 Å². The summed E-state index contributed by atoms with van der Waals surface area (Å²) < 4.78 is 34.3. The average Bonchev–Trinajstić information content (AvgIpc) is 0.722. The Morgan fingerprint density at radius 1 is 0.769 bits per heavy atom. The minimum absolute atomic E-state index is 0. The van der Waals surface area contributed by atoms with Crippen LogP contribution in [0.3, 0.4) is 0 Å². The molecule has 0 bridgehead atoms. The molecule has 0 heterocycles. The van der Waals surface area contributed by atoms with Crippen LogP contribution in [0.25, 0.3) is 0 Å². The minimum atomic E-state index is -5.62. The third-order valence-electron chi connectivity index (χ3n) is 0. The summed E-state index contributed by atoms with van der Waals surface area (Å²) >= 11 is -5.62. The molecule has 0 spiro atoms. The van der Waals surface area contributed by atoms with Gasteiger partial charge in [-0.2, -0.15) is 0 Å². The van der Waals surface area contributed by atoms with E-state index in [1.54, 1.807) is 0 Å². The van der Waals surface area contributed by atoms with Crippen molar-refractivity contribution in [1.29, 1.82) is 0 Å². The maximum absolute atomic E-state index is 8.58. The van der Waals surface area contributed by atoms with Gasteiger partial charge in [-0.3, -0.25) is 0 Å². The summed E-state index contributed by atoms with van der Waals surface area (Å²) in [6, 6.07) is 0. The van der Waals surface area contributed by atoms with Crippen LogP contribution in [0.15, 0.2) is 0 Å². The first kappa shape index (κ1) is 66.2. The van der Waals surface area contributed by atoms with Crippen molar-refractivity contribution in [3.8, 4) is 0 Å². The molecule has 0 saturated carbocycles. The van der Waals surface area contributed by atoms with Crippen molar-refractivity contribution in [3.05, 3.63) is 0 Å². The topological polar surface area (TPSA) is 80.3 Å². The van der Waals surface area contributed by atoms with Crippen LogP contribution in [0.5, 0.6) is 0 Å². The van der Waals surface area contributed by atoms with Crippen molar-refractivity contribution in [1.82, 2.24) is 0 Å². The normalized spacial score (nSPS) is 4.46. The monoisotopic (exact) mass is 383 g/mol. The van der Waals surface area contributed by atoms with E-state index in [1.807, 2.05) is 0 Å². The van der Waals surface area contributed by atoms with E-state index in [4.69, 9.17) is 16.0 Å². The molecule has 0 aromatic carbocycles. The quantitative estimate of drug-likeness (QED) is 0.389. The molecule has 0 rings (SSSR count). The van der Waals surface area contributed by atoms with Gasteiger partial charge in [0, 0.05) is 66.5 Å². The van der Waals surface area contributed by atoms with Gasteiger partial charge in [0.1, 0.15) is 0 Å². The van der Waals surface area contributed by atoms with E-state index in [2.05, 4.69) is 0 Å². The van der Waals surface area contributed by atoms with Crippen molar-refractivity contribution < 1.29 is 174 Å². The SMILES string of the molecule is [Co].[Co].[H-].[H-].[Li+].[Li+].[Li+].[Li+].[Ni].[Ni].[O]=[Mn](=[O])([O-])[O-]. The summed E-state index contributed by atoms with van der Waals surface area (Å²) in [5.74, 6) is 0. The van der Waals surface area contributed by atoms with Crippen molar-refractivity contribution in [3.63, 3.8) is 0 Å². The zero-order valence-corrected chi connectivity index (χ0v) is 12.5. The molecular formula is H2Co2Li4MnNi2O4. The molecule has 13 heteroatoms. The molecule has 0 N–H and O–H groups in total. The molecule has 0 saturated heterocycles. The first-order chi connectivity index (χ1) is 2.00. The average molecular weight is 384 g/mol. The maximum atomic E-state index is 8.58. The zero-order valence-electron chi connectivity index (χ0n) is 9.31. The second-order valence-electron chi connectivity index (χ2n) is 0.378. The van der Waals surface area contributed by atoms with Crippen molar-refractivity contribution in [2.75, 3.05) is 0 Å². The third kappa shape index (κ3) is 174. The number of rotatable bonds is 0. The molecule has 0 aliphatic rings. The summed E-state index contributed by atoms with van der Waals surface area (Å²) in [4.78, 5) is 0. The van der Waals surface area contributed by atoms with Crippen LogP contribution in [0.2, 0.25) is 0 Å². The van der Waals surface area contributed by atoms with Gasteiger partial charge in [0.05, 0.1) is 0 Å². The van der Waals surface area contributed by atoms with E-state index in [-0.39, 0.29) is 145 Å². The Balaban J connectivity index is -0.00000000178. The van der Waals surface area contributed by atoms with Gasteiger partial charge in [0.2, 0.25) is 0 Å². The Kier molecular flexibility index (Phi) is 183. The van der Waals surface area contributed by atoms with Crippen molar-refractivity contribution in [2.45, 2.75) is 0 Å². The molecule has 0 aliphatic heterocycles. The summed E-state index contributed by atoms with van der Waals surface area (Å²) in [5, 5.41) is 0. The van der Waals surface area contributed by atoms with E-state index >= 15 is 0 Å². The summed E-state index contributed by atoms with van der Waals surface area (Å²) in [7, 11) is 0. The molecule has 0 aromatic heterocycles. The molecule has 0 aliphatic carbocycles. The summed E-state index contributed by atoms with van der Waals surface area (Å²) in [6.45, 7) is 0. The Hall–Kier alpha value is 4.43. The standard InChI is InChI=1S/2Co.4Li.Mn.2Ni.4O.2H/q;;4*+1;;;;;;4*-1. The molecule has 0 aromatic rings. The molecule has 0 atom stereocenters. The number of hydrogen-bond acceptors (Lipinski definition) is 4. The Morgan fingerprint density at radius 3 is 0.769 bits per heavy atom.